The standard InChI is InChI=1S/C26H30N6O/c1-16(2)24-22-11-19(18-7-9-31(10-8-18)15-27-4)5-6-23(22)30-25(24)20-12-21(17(3)33)26-28-14-29-32(26)13-20/h5-6,11-14,16-18,30,33H,7-10,15H2,1-3H3. The molecule has 1 atom stereocenters. The van der Waals surface area contributed by atoms with Crippen molar-refractivity contribution in [3.05, 3.63) is 64.9 Å². The first kappa shape index (κ1) is 21.6. The fourth-order valence-electron chi connectivity index (χ4n) is 5.22. The van der Waals surface area contributed by atoms with Crippen molar-refractivity contribution in [2.45, 2.75) is 51.6 Å². The van der Waals surface area contributed by atoms with Gasteiger partial charge in [0.25, 0.3) is 6.67 Å². The summed E-state index contributed by atoms with van der Waals surface area (Å²) in [4.78, 5) is 13.8. The molecule has 4 heterocycles. The summed E-state index contributed by atoms with van der Waals surface area (Å²) in [6, 6.07) is 8.85. The third-order valence-electron chi connectivity index (χ3n) is 6.91. The Labute approximate surface area is 193 Å². The van der Waals surface area contributed by atoms with Crippen LogP contribution in [-0.2, 0) is 0 Å². The predicted octanol–water partition coefficient (Wildman–Crippen LogP) is 5.11. The smallest absolute Gasteiger partial charge is 0.270 e. The van der Waals surface area contributed by atoms with Crippen LogP contribution in [0.1, 0.15) is 68.2 Å². The molecule has 0 bridgehead atoms. The molecule has 3 aromatic heterocycles. The third kappa shape index (κ3) is 3.90. The molecule has 0 saturated carbocycles. The van der Waals surface area contributed by atoms with E-state index in [0.717, 1.165) is 48.3 Å². The Balaban J connectivity index is 1.58. The van der Waals surface area contributed by atoms with Gasteiger partial charge in [-0.25, -0.2) is 21.0 Å². The number of hydrogen-bond acceptors (Lipinski definition) is 4. The van der Waals surface area contributed by atoms with E-state index >= 15 is 0 Å². The van der Waals surface area contributed by atoms with Crippen LogP contribution < -0.4 is 0 Å². The van der Waals surface area contributed by atoms with Gasteiger partial charge in [-0.1, -0.05) is 19.9 Å². The number of pyridine rings is 1. The maximum atomic E-state index is 10.4. The number of aromatic amines is 1. The minimum atomic E-state index is -0.635. The molecule has 1 aliphatic heterocycles. The van der Waals surface area contributed by atoms with E-state index in [2.05, 4.69) is 56.9 Å². The van der Waals surface area contributed by atoms with Crippen LogP contribution in [-0.4, -0.2) is 49.3 Å². The second-order valence-corrected chi connectivity index (χ2v) is 9.45. The van der Waals surface area contributed by atoms with E-state index in [4.69, 9.17) is 6.57 Å². The van der Waals surface area contributed by atoms with Gasteiger partial charge < -0.3 is 10.1 Å². The van der Waals surface area contributed by atoms with Gasteiger partial charge in [0.15, 0.2) is 5.65 Å². The Morgan fingerprint density at radius 2 is 2.00 bits per heavy atom. The first-order chi connectivity index (χ1) is 16.0. The van der Waals surface area contributed by atoms with Gasteiger partial charge in [-0.15, -0.1) is 0 Å². The second-order valence-electron chi connectivity index (χ2n) is 9.45. The summed E-state index contributed by atoms with van der Waals surface area (Å²) >= 11 is 0. The molecule has 0 amide bonds. The van der Waals surface area contributed by atoms with Gasteiger partial charge >= 0.3 is 0 Å². The van der Waals surface area contributed by atoms with Crippen LogP contribution in [0.5, 0.6) is 0 Å². The molecule has 1 aliphatic rings. The van der Waals surface area contributed by atoms with Gasteiger partial charge in [0.05, 0.1) is 11.8 Å². The number of aliphatic hydroxyl groups excluding tert-OH is 1. The van der Waals surface area contributed by atoms with Crippen molar-refractivity contribution in [3.63, 3.8) is 0 Å². The molecule has 4 aromatic rings. The Morgan fingerprint density at radius 3 is 2.70 bits per heavy atom. The summed E-state index contributed by atoms with van der Waals surface area (Å²) in [5.41, 5.74) is 7.32. The number of H-pyrrole nitrogens is 1. The number of nitrogens with one attached hydrogen (secondary N) is 1. The average molecular weight is 443 g/mol. The highest BCUT2D eigenvalue weighted by Gasteiger charge is 2.24. The van der Waals surface area contributed by atoms with Gasteiger partial charge in [0, 0.05) is 41.3 Å². The Bertz CT molecular complexity index is 1330. The molecule has 5 rings (SSSR count). The molecule has 7 heteroatoms. The van der Waals surface area contributed by atoms with Crippen molar-refractivity contribution in [2.75, 3.05) is 19.8 Å². The normalized spacial score (nSPS) is 16.6. The van der Waals surface area contributed by atoms with Crippen molar-refractivity contribution in [3.8, 4) is 11.3 Å². The molecule has 0 aliphatic carbocycles. The number of nitrogens with zero attached hydrogens (tertiary/aromatic N) is 5. The largest absolute Gasteiger partial charge is 0.389 e. The lowest BCUT2D eigenvalue weighted by atomic mass is 9.87. The first-order valence-corrected chi connectivity index (χ1v) is 11.7. The van der Waals surface area contributed by atoms with Crippen LogP contribution in [0.4, 0.5) is 0 Å². The number of likely N-dealkylation sites (tertiary alicyclic amines) is 1. The number of aromatic nitrogens is 4. The molecule has 1 unspecified atom stereocenters. The molecular formula is C26H30N6O. The van der Waals surface area contributed by atoms with Crippen LogP contribution in [0.3, 0.4) is 0 Å². The summed E-state index contributed by atoms with van der Waals surface area (Å²) in [6.45, 7) is 15.8. The third-order valence-corrected chi connectivity index (χ3v) is 6.91. The van der Waals surface area contributed by atoms with E-state index in [1.165, 1.54) is 22.8 Å². The zero-order valence-electron chi connectivity index (χ0n) is 19.4. The summed E-state index contributed by atoms with van der Waals surface area (Å²) in [7, 11) is 0. The van der Waals surface area contributed by atoms with Crippen molar-refractivity contribution >= 4 is 16.6 Å². The molecule has 170 valence electrons. The predicted molar refractivity (Wildman–Crippen MR) is 130 cm³/mol. The molecular weight excluding hydrogens is 412 g/mol. The minimum Gasteiger partial charge on any atom is -0.389 e. The summed E-state index contributed by atoms with van der Waals surface area (Å²) in [5.74, 6) is 0.856. The van der Waals surface area contributed by atoms with Crippen LogP contribution >= 0.6 is 0 Å². The van der Waals surface area contributed by atoms with Crippen LogP contribution in [0.25, 0.3) is 32.7 Å². The van der Waals surface area contributed by atoms with E-state index in [1.54, 1.807) is 11.4 Å². The van der Waals surface area contributed by atoms with E-state index in [1.807, 2.05) is 12.3 Å². The number of fused-ring (bicyclic) bond motifs is 2. The zero-order chi connectivity index (χ0) is 23.1. The van der Waals surface area contributed by atoms with Gasteiger partial charge in [-0.2, -0.15) is 5.10 Å². The summed E-state index contributed by atoms with van der Waals surface area (Å²) in [6.07, 6.45) is 5.06. The van der Waals surface area contributed by atoms with Crippen molar-refractivity contribution in [2.24, 2.45) is 0 Å². The van der Waals surface area contributed by atoms with E-state index in [-0.39, 0.29) is 0 Å². The zero-order valence-corrected chi connectivity index (χ0v) is 19.4. The Hall–Kier alpha value is -3.21. The number of aliphatic hydroxyl groups is 1. The topological polar surface area (TPSA) is 73.8 Å². The molecule has 7 nitrogen and oxygen atoms in total. The maximum absolute atomic E-state index is 10.4. The highest BCUT2D eigenvalue weighted by Crippen LogP contribution is 2.39. The fraction of sp³-hybridized carbons (Fsp3) is 0.423. The monoisotopic (exact) mass is 442 g/mol. The van der Waals surface area contributed by atoms with Crippen LogP contribution in [0.2, 0.25) is 0 Å². The highest BCUT2D eigenvalue weighted by molar-refractivity contribution is 5.92. The SMILES string of the molecule is [C-]#[N+]CN1CCC(c2ccc3[nH]c(-c4cc(C(C)O)c5ncnn5c4)c(C(C)C)c3c2)CC1. The quantitative estimate of drug-likeness (QED) is 0.421. The highest BCUT2D eigenvalue weighted by atomic mass is 16.3. The first-order valence-electron chi connectivity index (χ1n) is 11.7. The van der Waals surface area contributed by atoms with Crippen molar-refractivity contribution < 1.29 is 5.11 Å². The van der Waals surface area contributed by atoms with Crippen molar-refractivity contribution in [1.29, 1.82) is 0 Å². The van der Waals surface area contributed by atoms with Gasteiger partial charge in [0.2, 0.25) is 0 Å². The lowest BCUT2D eigenvalue weighted by Crippen LogP contribution is -2.32. The maximum Gasteiger partial charge on any atom is 0.270 e. The molecule has 1 fully saturated rings. The second kappa shape index (κ2) is 8.62. The molecule has 2 N–H and O–H groups in total. The number of rotatable bonds is 5. The Kier molecular flexibility index (Phi) is 5.65. The van der Waals surface area contributed by atoms with E-state index < -0.39 is 6.10 Å². The fourth-order valence-corrected chi connectivity index (χ4v) is 5.22. The number of benzene rings is 1. The number of hydrogen-bond donors (Lipinski definition) is 2. The molecule has 0 spiro atoms. The molecule has 1 saturated heterocycles. The summed E-state index contributed by atoms with van der Waals surface area (Å²) in [5, 5.41) is 15.9. The van der Waals surface area contributed by atoms with Crippen LogP contribution in [0.15, 0.2) is 36.8 Å². The summed E-state index contributed by atoms with van der Waals surface area (Å²) < 4.78 is 1.75. The minimum absolute atomic E-state index is 0.325. The van der Waals surface area contributed by atoms with E-state index in [9.17, 15) is 5.11 Å². The van der Waals surface area contributed by atoms with Crippen molar-refractivity contribution in [1.82, 2.24) is 24.5 Å². The Morgan fingerprint density at radius 1 is 1.21 bits per heavy atom. The van der Waals surface area contributed by atoms with Crippen LogP contribution in [0, 0.1) is 6.57 Å². The van der Waals surface area contributed by atoms with E-state index in [0.29, 0.717) is 24.2 Å². The van der Waals surface area contributed by atoms with Gasteiger partial charge in [0.1, 0.15) is 6.33 Å². The molecule has 33 heavy (non-hydrogen) atoms. The van der Waals surface area contributed by atoms with Gasteiger partial charge in [-0.05, 0) is 60.9 Å². The van der Waals surface area contributed by atoms with Gasteiger partial charge in [-0.3, -0.25) is 4.85 Å². The number of piperidine rings is 1. The lowest BCUT2D eigenvalue weighted by molar-refractivity contribution is 0.200. The average Bonchev–Trinajstić information content (AvgIpc) is 3.43. The molecule has 0 radical (unpaired) electrons. The molecule has 1 aromatic carbocycles. The lowest BCUT2D eigenvalue weighted by Gasteiger charge is -2.28.